The van der Waals surface area contributed by atoms with Crippen molar-refractivity contribution in [2.24, 2.45) is 0 Å². The Morgan fingerprint density at radius 2 is 2.10 bits per heavy atom. The Bertz CT molecular complexity index is 607. The first kappa shape index (κ1) is 14.9. The van der Waals surface area contributed by atoms with Crippen molar-refractivity contribution in [2.45, 2.75) is 6.92 Å². The first-order valence-corrected chi connectivity index (χ1v) is 9.23. The normalized spacial score (nSPS) is 16.3. The van der Waals surface area contributed by atoms with Gasteiger partial charge in [-0.05, 0) is 13.0 Å². The molecule has 21 heavy (non-hydrogen) atoms. The molecule has 1 aliphatic heterocycles. The Kier molecular flexibility index (Phi) is 4.82. The predicted octanol–water partition coefficient (Wildman–Crippen LogP) is 2.50. The van der Waals surface area contributed by atoms with Crippen molar-refractivity contribution in [1.82, 2.24) is 14.9 Å². The van der Waals surface area contributed by atoms with Gasteiger partial charge in [0.25, 0.3) is 0 Å². The number of rotatable bonds is 5. The zero-order valence-corrected chi connectivity index (χ0v) is 14.1. The Labute approximate surface area is 133 Å². The molecule has 2 aromatic rings. The van der Waals surface area contributed by atoms with Gasteiger partial charge in [0.1, 0.15) is 10.6 Å². The average Bonchev–Trinajstić information content (AvgIpc) is 2.88. The summed E-state index contributed by atoms with van der Waals surface area (Å²) in [4.78, 5) is 13.9. The van der Waals surface area contributed by atoms with Crippen molar-refractivity contribution in [2.75, 3.05) is 55.4 Å². The van der Waals surface area contributed by atoms with E-state index in [2.05, 4.69) is 38.5 Å². The largest absolute Gasteiger partial charge is 0.368 e. The Morgan fingerprint density at radius 3 is 2.86 bits per heavy atom. The molecule has 0 amide bonds. The summed E-state index contributed by atoms with van der Waals surface area (Å²) in [7, 11) is 1.86. The smallest absolute Gasteiger partial charge is 0.225 e. The minimum atomic E-state index is 0.682. The summed E-state index contributed by atoms with van der Waals surface area (Å²) < 4.78 is 0. The molecule has 2 N–H and O–H groups in total. The van der Waals surface area contributed by atoms with Crippen molar-refractivity contribution in [1.29, 1.82) is 0 Å². The number of thiophene rings is 1. The first-order chi connectivity index (χ1) is 10.3. The molecule has 0 radical (unpaired) electrons. The zero-order valence-electron chi connectivity index (χ0n) is 12.5. The summed E-state index contributed by atoms with van der Waals surface area (Å²) in [5.41, 5.74) is 0. The molecule has 0 spiro atoms. The molecular weight excluding hydrogens is 302 g/mol. The lowest BCUT2D eigenvalue weighted by molar-refractivity contribution is 0.314. The van der Waals surface area contributed by atoms with Crippen molar-refractivity contribution in [3.05, 3.63) is 10.9 Å². The van der Waals surface area contributed by atoms with Crippen LogP contribution in [-0.2, 0) is 0 Å². The van der Waals surface area contributed by atoms with E-state index in [1.807, 2.05) is 18.8 Å². The number of hydrogen-bond donors (Lipinski definition) is 2. The number of anilines is 2. The SMILES string of the molecule is CNc1nc(NCCN2CCSCC2)c2cc(C)sc2n1. The minimum absolute atomic E-state index is 0.682. The number of thioether (sulfide) groups is 1. The molecule has 2 aromatic heterocycles. The van der Waals surface area contributed by atoms with E-state index in [4.69, 9.17) is 0 Å². The van der Waals surface area contributed by atoms with Gasteiger partial charge in [0.05, 0.1) is 5.39 Å². The van der Waals surface area contributed by atoms with E-state index in [0.29, 0.717) is 5.95 Å². The van der Waals surface area contributed by atoms with Crippen LogP contribution in [0.4, 0.5) is 11.8 Å². The summed E-state index contributed by atoms with van der Waals surface area (Å²) in [6.45, 7) is 6.51. The number of hydrogen-bond acceptors (Lipinski definition) is 7. The number of nitrogens with zero attached hydrogens (tertiary/aromatic N) is 3. The van der Waals surface area contributed by atoms with E-state index in [1.165, 1.54) is 29.5 Å². The van der Waals surface area contributed by atoms with Crippen LogP contribution in [0.1, 0.15) is 4.88 Å². The minimum Gasteiger partial charge on any atom is -0.368 e. The summed E-state index contributed by atoms with van der Waals surface area (Å²) in [6, 6.07) is 2.17. The van der Waals surface area contributed by atoms with Crippen LogP contribution in [0.3, 0.4) is 0 Å². The van der Waals surface area contributed by atoms with E-state index < -0.39 is 0 Å². The van der Waals surface area contributed by atoms with E-state index >= 15 is 0 Å². The highest BCUT2D eigenvalue weighted by Gasteiger charge is 2.12. The van der Waals surface area contributed by atoms with Crippen LogP contribution in [0, 0.1) is 6.92 Å². The third-order valence-electron chi connectivity index (χ3n) is 3.56. The Morgan fingerprint density at radius 1 is 1.29 bits per heavy atom. The molecule has 0 aliphatic carbocycles. The van der Waals surface area contributed by atoms with Gasteiger partial charge < -0.3 is 10.6 Å². The lowest BCUT2D eigenvalue weighted by Crippen LogP contribution is -2.36. The van der Waals surface area contributed by atoms with Crippen molar-refractivity contribution >= 4 is 45.1 Å². The fourth-order valence-corrected chi connectivity index (χ4v) is 4.30. The van der Waals surface area contributed by atoms with Gasteiger partial charge in [0, 0.05) is 49.6 Å². The predicted molar refractivity (Wildman–Crippen MR) is 94.0 cm³/mol. The summed E-state index contributed by atoms with van der Waals surface area (Å²) in [5, 5.41) is 7.66. The topological polar surface area (TPSA) is 53.1 Å². The van der Waals surface area contributed by atoms with Crippen LogP contribution < -0.4 is 10.6 Å². The van der Waals surface area contributed by atoms with Gasteiger partial charge in [0.15, 0.2) is 0 Å². The molecule has 3 rings (SSSR count). The average molecular weight is 323 g/mol. The van der Waals surface area contributed by atoms with E-state index in [0.717, 1.165) is 29.1 Å². The molecule has 0 unspecified atom stereocenters. The summed E-state index contributed by atoms with van der Waals surface area (Å²) >= 11 is 3.76. The summed E-state index contributed by atoms with van der Waals surface area (Å²) in [6.07, 6.45) is 0. The second-order valence-electron chi connectivity index (χ2n) is 5.10. The zero-order chi connectivity index (χ0) is 14.7. The van der Waals surface area contributed by atoms with Crippen LogP contribution >= 0.6 is 23.1 Å². The van der Waals surface area contributed by atoms with Gasteiger partial charge in [-0.25, -0.2) is 4.98 Å². The first-order valence-electron chi connectivity index (χ1n) is 7.26. The summed E-state index contributed by atoms with van der Waals surface area (Å²) in [5.74, 6) is 4.14. The third kappa shape index (κ3) is 3.59. The number of aromatic nitrogens is 2. The van der Waals surface area contributed by atoms with Crippen LogP contribution in [0.5, 0.6) is 0 Å². The van der Waals surface area contributed by atoms with Gasteiger partial charge in [-0.3, -0.25) is 4.90 Å². The van der Waals surface area contributed by atoms with Crippen LogP contribution in [0.25, 0.3) is 10.2 Å². The van der Waals surface area contributed by atoms with Crippen molar-refractivity contribution in [3.8, 4) is 0 Å². The highest BCUT2D eigenvalue weighted by molar-refractivity contribution is 7.99. The number of nitrogens with one attached hydrogen (secondary N) is 2. The van der Waals surface area contributed by atoms with E-state index in [1.54, 1.807) is 11.3 Å². The van der Waals surface area contributed by atoms with Crippen molar-refractivity contribution in [3.63, 3.8) is 0 Å². The quantitative estimate of drug-likeness (QED) is 0.882. The van der Waals surface area contributed by atoms with Crippen LogP contribution in [0.15, 0.2) is 6.07 Å². The fraction of sp³-hybridized carbons (Fsp3) is 0.571. The maximum atomic E-state index is 4.57. The second kappa shape index (κ2) is 6.81. The number of aryl methyl sites for hydroxylation is 1. The maximum Gasteiger partial charge on any atom is 0.225 e. The highest BCUT2D eigenvalue weighted by Crippen LogP contribution is 2.29. The monoisotopic (exact) mass is 323 g/mol. The molecule has 7 heteroatoms. The molecule has 0 aromatic carbocycles. The molecule has 0 atom stereocenters. The van der Waals surface area contributed by atoms with Gasteiger partial charge in [-0.1, -0.05) is 0 Å². The molecule has 0 bridgehead atoms. The third-order valence-corrected chi connectivity index (χ3v) is 5.45. The lowest BCUT2D eigenvalue weighted by atomic mass is 10.3. The molecule has 3 heterocycles. The van der Waals surface area contributed by atoms with Crippen molar-refractivity contribution < 1.29 is 0 Å². The molecule has 1 aliphatic rings. The van der Waals surface area contributed by atoms with E-state index in [9.17, 15) is 0 Å². The van der Waals surface area contributed by atoms with Gasteiger partial charge in [0.2, 0.25) is 5.95 Å². The molecule has 1 saturated heterocycles. The standard InChI is InChI=1S/C14H21N5S2/c1-10-9-11-12(17-14(15-2)18-13(11)21-10)16-3-4-19-5-7-20-8-6-19/h9H,3-8H2,1-2H3,(H2,15,16,17,18). The Balaban J connectivity index is 1.70. The van der Waals surface area contributed by atoms with Gasteiger partial charge in [-0.15, -0.1) is 11.3 Å². The molecule has 5 nitrogen and oxygen atoms in total. The maximum absolute atomic E-state index is 4.57. The fourth-order valence-electron chi connectivity index (χ4n) is 2.45. The van der Waals surface area contributed by atoms with Crippen LogP contribution in [-0.4, -0.2) is 59.6 Å². The molecule has 114 valence electrons. The Hall–Kier alpha value is -1.05. The number of fused-ring (bicyclic) bond motifs is 1. The van der Waals surface area contributed by atoms with Crippen LogP contribution in [0.2, 0.25) is 0 Å². The highest BCUT2D eigenvalue weighted by atomic mass is 32.2. The van der Waals surface area contributed by atoms with E-state index in [-0.39, 0.29) is 0 Å². The second-order valence-corrected chi connectivity index (χ2v) is 7.56. The molecule has 1 fully saturated rings. The lowest BCUT2D eigenvalue weighted by Gasteiger charge is -2.26. The van der Waals surface area contributed by atoms with Gasteiger partial charge in [-0.2, -0.15) is 16.7 Å². The van der Waals surface area contributed by atoms with Gasteiger partial charge >= 0.3 is 0 Å². The molecule has 0 saturated carbocycles. The molecular formula is C14H21N5S2.